The van der Waals surface area contributed by atoms with E-state index in [1.54, 1.807) is 20.8 Å². The minimum absolute atomic E-state index is 0.0403. The molecule has 15 nitrogen and oxygen atoms in total. The summed E-state index contributed by atoms with van der Waals surface area (Å²) in [6, 6.07) is 14.9. The molecule has 212 valence electrons. The van der Waals surface area contributed by atoms with Crippen LogP contribution in [0.3, 0.4) is 0 Å². The van der Waals surface area contributed by atoms with Crippen molar-refractivity contribution in [3.63, 3.8) is 0 Å². The zero-order valence-electron chi connectivity index (χ0n) is 22.6. The summed E-state index contributed by atoms with van der Waals surface area (Å²) in [5, 5.41) is 19.3. The Labute approximate surface area is 233 Å². The van der Waals surface area contributed by atoms with Crippen LogP contribution in [-0.2, 0) is 22.7 Å². The van der Waals surface area contributed by atoms with Gasteiger partial charge in [-0.15, -0.1) is 0 Å². The first-order chi connectivity index (χ1) is 19.5. The first-order valence-corrected chi connectivity index (χ1v) is 12.2. The number of aromatic nitrogens is 4. The Morgan fingerprint density at radius 1 is 1.02 bits per heavy atom. The van der Waals surface area contributed by atoms with Gasteiger partial charge in [-0.1, -0.05) is 40.7 Å². The molecule has 2 heterocycles. The smallest absolute Gasteiger partial charge is 0.431 e. The van der Waals surface area contributed by atoms with E-state index in [4.69, 9.17) is 14.2 Å². The number of imidazole rings is 1. The topological polar surface area (TPSA) is 177 Å². The van der Waals surface area contributed by atoms with Crippen molar-refractivity contribution in [2.75, 3.05) is 7.05 Å². The summed E-state index contributed by atoms with van der Waals surface area (Å²) in [4.78, 5) is 48.2. The van der Waals surface area contributed by atoms with Crippen LogP contribution in [0, 0.1) is 10.1 Å². The molecule has 4 rings (SSSR count). The molecule has 0 saturated carbocycles. The van der Waals surface area contributed by atoms with Gasteiger partial charge in [0.05, 0.1) is 4.92 Å². The molecule has 0 bridgehead atoms. The van der Waals surface area contributed by atoms with Crippen LogP contribution in [0.5, 0.6) is 5.88 Å². The number of rotatable bonds is 8. The predicted molar refractivity (Wildman–Crippen MR) is 143 cm³/mol. The fourth-order valence-electron chi connectivity index (χ4n) is 3.28. The number of hydrogen-bond acceptors (Lipinski definition) is 12. The van der Waals surface area contributed by atoms with Gasteiger partial charge in [0.25, 0.3) is 11.6 Å². The number of nitrogens with zero attached hydrogens (tertiary/aromatic N) is 8. The molecule has 1 amide bonds. The Balaban J connectivity index is 1.54. The Kier molecular flexibility index (Phi) is 8.45. The van der Waals surface area contributed by atoms with Crippen LogP contribution in [0.15, 0.2) is 71.3 Å². The molecule has 0 aliphatic carbocycles. The van der Waals surface area contributed by atoms with Crippen LogP contribution in [0.4, 0.5) is 21.2 Å². The fourth-order valence-corrected chi connectivity index (χ4v) is 3.28. The van der Waals surface area contributed by atoms with Crippen molar-refractivity contribution in [1.82, 2.24) is 24.5 Å². The molecular weight excluding hydrogens is 536 g/mol. The molecule has 0 aliphatic rings. The van der Waals surface area contributed by atoms with Gasteiger partial charge in [0.1, 0.15) is 25.1 Å². The van der Waals surface area contributed by atoms with Crippen molar-refractivity contribution in [3.8, 4) is 5.88 Å². The van der Waals surface area contributed by atoms with Crippen LogP contribution in [0.25, 0.3) is 11.2 Å². The summed E-state index contributed by atoms with van der Waals surface area (Å²) < 4.78 is 17.6. The number of fused-ring (bicyclic) bond motifs is 1. The minimum Gasteiger partial charge on any atom is -0.471 e. The molecule has 2 aromatic heterocycles. The molecule has 15 heteroatoms. The van der Waals surface area contributed by atoms with Gasteiger partial charge < -0.3 is 14.2 Å². The van der Waals surface area contributed by atoms with Gasteiger partial charge in [0.15, 0.2) is 11.2 Å². The molecule has 0 N–H and O–H groups in total. The third-order valence-electron chi connectivity index (χ3n) is 5.20. The number of hydrogen-bond donors (Lipinski definition) is 0. The monoisotopic (exact) mass is 562 g/mol. The Morgan fingerprint density at radius 3 is 2.37 bits per heavy atom. The molecule has 0 spiro atoms. The average molecular weight is 563 g/mol. The highest BCUT2D eigenvalue weighted by molar-refractivity contribution is 5.87. The number of non-ortho nitro benzene ring substituents is 1. The molecule has 41 heavy (non-hydrogen) atoms. The van der Waals surface area contributed by atoms with E-state index in [0.29, 0.717) is 5.56 Å². The largest absolute Gasteiger partial charge is 0.471 e. The lowest BCUT2D eigenvalue weighted by molar-refractivity contribution is -0.384. The molecule has 0 unspecified atom stereocenters. The fraction of sp³-hybridized carbons (Fsp3) is 0.269. The van der Waals surface area contributed by atoms with Gasteiger partial charge in [-0.3, -0.25) is 10.1 Å². The average Bonchev–Trinajstić information content (AvgIpc) is 3.37. The first kappa shape index (κ1) is 28.5. The van der Waals surface area contributed by atoms with Crippen LogP contribution < -0.4 is 4.74 Å². The molecule has 0 atom stereocenters. The molecule has 2 aromatic carbocycles. The molecular formula is C26H26N8O7. The van der Waals surface area contributed by atoms with E-state index in [1.807, 2.05) is 30.3 Å². The standard InChI is InChI=1S/C26H26N8O7/c1-26(2,3)41-25(36)33-16-27-20-21(33)28-23(29-22(20)39-14-17-8-6-5-7-9-17)30-31-32(4)24(35)40-15-18-10-12-19(13-11-18)34(37)38/h5-13,16H,14-15H2,1-4H3/b31-30+. The van der Waals surface area contributed by atoms with Crippen LogP contribution in [-0.4, -0.2) is 54.3 Å². The van der Waals surface area contributed by atoms with E-state index >= 15 is 0 Å². The number of benzene rings is 2. The highest BCUT2D eigenvalue weighted by Crippen LogP contribution is 2.26. The van der Waals surface area contributed by atoms with Gasteiger partial charge in [0.2, 0.25) is 5.88 Å². The van der Waals surface area contributed by atoms with E-state index in [0.717, 1.165) is 15.1 Å². The zero-order valence-corrected chi connectivity index (χ0v) is 22.6. The molecule has 0 fully saturated rings. The SMILES string of the molecule is CN(/N=N/c1nc(OCc2ccccc2)c2ncn(C(=O)OC(C)(C)C)c2n1)C(=O)OCc1ccc([N+](=O)[O-])cc1. The lowest BCUT2D eigenvalue weighted by Crippen LogP contribution is -2.26. The predicted octanol–water partition coefficient (Wildman–Crippen LogP) is 5.36. The second kappa shape index (κ2) is 12.1. The first-order valence-electron chi connectivity index (χ1n) is 12.2. The molecule has 0 aliphatic heterocycles. The van der Waals surface area contributed by atoms with Crippen molar-refractivity contribution < 1.29 is 28.7 Å². The molecule has 4 aromatic rings. The molecule has 0 radical (unpaired) electrons. The number of carbonyl (C=O) groups is 2. The summed E-state index contributed by atoms with van der Waals surface area (Å²) >= 11 is 0. The van der Waals surface area contributed by atoms with Gasteiger partial charge in [-0.05, 0) is 44.0 Å². The van der Waals surface area contributed by atoms with E-state index in [9.17, 15) is 19.7 Å². The minimum atomic E-state index is -0.854. The van der Waals surface area contributed by atoms with E-state index in [-0.39, 0.29) is 41.9 Å². The second-order valence-corrected chi connectivity index (χ2v) is 9.56. The summed E-state index contributed by atoms with van der Waals surface area (Å²) in [7, 11) is 1.30. The van der Waals surface area contributed by atoms with Gasteiger partial charge in [0, 0.05) is 19.2 Å². The zero-order chi connectivity index (χ0) is 29.6. The maximum Gasteiger partial charge on any atom is 0.431 e. The lowest BCUT2D eigenvalue weighted by atomic mass is 10.2. The summed E-state index contributed by atoms with van der Waals surface area (Å²) in [6.07, 6.45) is -0.333. The van der Waals surface area contributed by atoms with Gasteiger partial charge in [-0.2, -0.15) is 15.0 Å². The summed E-state index contributed by atoms with van der Waals surface area (Å²) in [5.74, 6) is -0.181. The van der Waals surface area contributed by atoms with E-state index in [1.165, 1.54) is 37.6 Å². The summed E-state index contributed by atoms with van der Waals surface area (Å²) in [5.41, 5.74) is 0.815. The number of nitro groups is 1. The van der Waals surface area contributed by atoms with Crippen LogP contribution in [0.2, 0.25) is 0 Å². The maximum absolute atomic E-state index is 12.8. The second-order valence-electron chi connectivity index (χ2n) is 9.56. The van der Waals surface area contributed by atoms with Crippen molar-refractivity contribution >= 4 is 35.0 Å². The van der Waals surface area contributed by atoms with Crippen molar-refractivity contribution in [2.45, 2.75) is 39.6 Å². The number of ether oxygens (including phenoxy) is 3. The van der Waals surface area contributed by atoms with E-state index in [2.05, 4.69) is 25.3 Å². The third kappa shape index (κ3) is 7.56. The Hall–Kier alpha value is -5.47. The number of carbonyl (C=O) groups excluding carboxylic acids is 2. The molecule has 0 saturated heterocycles. The lowest BCUT2D eigenvalue weighted by Gasteiger charge is -2.19. The van der Waals surface area contributed by atoms with Crippen LogP contribution >= 0.6 is 0 Å². The quantitative estimate of drug-likeness (QED) is 0.154. The van der Waals surface area contributed by atoms with Gasteiger partial charge in [-0.25, -0.2) is 19.1 Å². The maximum atomic E-state index is 12.8. The van der Waals surface area contributed by atoms with Crippen molar-refractivity contribution in [3.05, 3.63) is 82.2 Å². The van der Waals surface area contributed by atoms with Crippen molar-refractivity contribution in [1.29, 1.82) is 0 Å². The van der Waals surface area contributed by atoms with Crippen LogP contribution in [0.1, 0.15) is 31.9 Å². The third-order valence-corrected chi connectivity index (χ3v) is 5.20. The number of nitro benzene ring substituents is 1. The Morgan fingerprint density at radius 2 is 1.71 bits per heavy atom. The highest BCUT2D eigenvalue weighted by atomic mass is 16.6. The Bertz CT molecular complexity index is 1580. The highest BCUT2D eigenvalue weighted by Gasteiger charge is 2.23. The normalized spacial score (nSPS) is 11.4. The summed E-state index contributed by atoms with van der Waals surface area (Å²) in [6.45, 7) is 5.18. The van der Waals surface area contributed by atoms with E-state index < -0.39 is 22.7 Å². The van der Waals surface area contributed by atoms with Crippen molar-refractivity contribution in [2.24, 2.45) is 10.3 Å². The van der Waals surface area contributed by atoms with Gasteiger partial charge >= 0.3 is 12.2 Å². The number of amides is 1.